The molecular formula is C14H18ClN3O2. The SMILES string of the molecule is Cc1cc([N+](=O)[O-])c(Cl)cc1NCCC1=CCNCC1. The van der Waals surface area contributed by atoms with Crippen molar-refractivity contribution in [2.24, 2.45) is 0 Å². The van der Waals surface area contributed by atoms with Crippen LogP contribution >= 0.6 is 11.6 Å². The highest BCUT2D eigenvalue weighted by Gasteiger charge is 2.14. The van der Waals surface area contributed by atoms with Gasteiger partial charge in [-0.1, -0.05) is 23.3 Å². The van der Waals surface area contributed by atoms with Crippen molar-refractivity contribution in [2.45, 2.75) is 19.8 Å². The van der Waals surface area contributed by atoms with Gasteiger partial charge in [-0.15, -0.1) is 0 Å². The van der Waals surface area contributed by atoms with E-state index in [2.05, 4.69) is 16.7 Å². The highest BCUT2D eigenvalue weighted by Crippen LogP contribution is 2.30. The fourth-order valence-corrected chi connectivity index (χ4v) is 2.48. The summed E-state index contributed by atoms with van der Waals surface area (Å²) in [6.07, 6.45) is 4.29. The Morgan fingerprint density at radius 1 is 1.50 bits per heavy atom. The molecule has 0 aromatic heterocycles. The smallest absolute Gasteiger partial charge is 0.288 e. The minimum Gasteiger partial charge on any atom is -0.384 e. The first-order valence-corrected chi connectivity index (χ1v) is 7.03. The number of hydrogen-bond donors (Lipinski definition) is 2. The number of benzene rings is 1. The molecule has 0 radical (unpaired) electrons. The van der Waals surface area contributed by atoms with Crippen molar-refractivity contribution < 1.29 is 4.92 Å². The zero-order chi connectivity index (χ0) is 14.5. The summed E-state index contributed by atoms with van der Waals surface area (Å²) in [5, 5.41) is 17.5. The van der Waals surface area contributed by atoms with Crippen LogP contribution in [0.15, 0.2) is 23.8 Å². The van der Waals surface area contributed by atoms with Crippen LogP contribution in [0.2, 0.25) is 5.02 Å². The predicted molar refractivity (Wildman–Crippen MR) is 81.5 cm³/mol. The first kappa shape index (κ1) is 14.8. The Labute approximate surface area is 123 Å². The van der Waals surface area contributed by atoms with Gasteiger partial charge < -0.3 is 10.6 Å². The van der Waals surface area contributed by atoms with Gasteiger partial charge in [0.05, 0.1) is 4.92 Å². The van der Waals surface area contributed by atoms with E-state index >= 15 is 0 Å². The number of nitrogens with zero attached hydrogens (tertiary/aromatic N) is 1. The quantitative estimate of drug-likeness (QED) is 0.497. The Kier molecular flexibility index (Phi) is 4.98. The summed E-state index contributed by atoms with van der Waals surface area (Å²) < 4.78 is 0. The van der Waals surface area contributed by atoms with Crippen molar-refractivity contribution in [3.05, 3.63) is 44.5 Å². The number of nitrogens with one attached hydrogen (secondary N) is 2. The second kappa shape index (κ2) is 6.72. The van der Waals surface area contributed by atoms with Crippen LogP contribution in [0.25, 0.3) is 0 Å². The molecule has 0 atom stereocenters. The van der Waals surface area contributed by atoms with E-state index in [9.17, 15) is 10.1 Å². The highest BCUT2D eigenvalue weighted by atomic mass is 35.5. The average Bonchev–Trinajstić information content (AvgIpc) is 2.43. The fourth-order valence-electron chi connectivity index (χ4n) is 2.25. The standard InChI is InChI=1S/C14H18ClN3O2/c1-10-8-14(18(19)20)12(15)9-13(10)17-7-4-11-2-5-16-6-3-11/h2,8-9,16-17H,3-7H2,1H3. The van der Waals surface area contributed by atoms with E-state index in [1.807, 2.05) is 6.92 Å². The van der Waals surface area contributed by atoms with Crippen molar-refractivity contribution in [1.29, 1.82) is 0 Å². The van der Waals surface area contributed by atoms with Gasteiger partial charge in [-0.2, -0.15) is 0 Å². The molecule has 0 fully saturated rings. The lowest BCUT2D eigenvalue weighted by Gasteiger charge is -2.15. The van der Waals surface area contributed by atoms with Gasteiger partial charge in [0.2, 0.25) is 0 Å². The summed E-state index contributed by atoms with van der Waals surface area (Å²) in [7, 11) is 0. The number of halogens is 1. The molecule has 1 aromatic rings. The minimum absolute atomic E-state index is 0.0456. The van der Waals surface area contributed by atoms with E-state index in [-0.39, 0.29) is 10.7 Å². The molecule has 0 amide bonds. The fraction of sp³-hybridized carbons (Fsp3) is 0.429. The number of aryl methyl sites for hydroxylation is 1. The molecule has 1 aliphatic heterocycles. The molecule has 5 nitrogen and oxygen atoms in total. The number of hydrogen-bond acceptors (Lipinski definition) is 4. The largest absolute Gasteiger partial charge is 0.384 e. The van der Waals surface area contributed by atoms with Crippen molar-refractivity contribution in [2.75, 3.05) is 25.0 Å². The predicted octanol–water partition coefficient (Wildman–Crippen LogP) is 3.28. The third kappa shape index (κ3) is 3.71. The molecule has 0 aliphatic carbocycles. The van der Waals surface area contributed by atoms with Crippen LogP contribution in [0, 0.1) is 17.0 Å². The number of anilines is 1. The normalized spacial score (nSPS) is 14.8. The third-order valence-electron chi connectivity index (χ3n) is 3.41. The van der Waals surface area contributed by atoms with E-state index in [1.165, 1.54) is 11.6 Å². The van der Waals surface area contributed by atoms with Gasteiger partial charge in [-0.25, -0.2) is 0 Å². The van der Waals surface area contributed by atoms with Crippen LogP contribution in [-0.4, -0.2) is 24.6 Å². The molecule has 108 valence electrons. The van der Waals surface area contributed by atoms with Gasteiger partial charge in [-0.3, -0.25) is 10.1 Å². The van der Waals surface area contributed by atoms with Crippen molar-refractivity contribution in [3.63, 3.8) is 0 Å². The van der Waals surface area contributed by atoms with Crippen LogP contribution in [-0.2, 0) is 0 Å². The molecule has 0 spiro atoms. The van der Waals surface area contributed by atoms with E-state index in [0.717, 1.165) is 43.7 Å². The maximum absolute atomic E-state index is 10.8. The van der Waals surface area contributed by atoms with Crippen molar-refractivity contribution in [3.8, 4) is 0 Å². The second-order valence-corrected chi connectivity index (χ2v) is 5.28. The molecule has 0 bridgehead atoms. The van der Waals surface area contributed by atoms with Gasteiger partial charge in [0.1, 0.15) is 5.02 Å². The van der Waals surface area contributed by atoms with Crippen LogP contribution < -0.4 is 10.6 Å². The maximum Gasteiger partial charge on any atom is 0.288 e. The number of rotatable bonds is 5. The molecular weight excluding hydrogens is 278 g/mol. The summed E-state index contributed by atoms with van der Waals surface area (Å²) in [5.74, 6) is 0. The van der Waals surface area contributed by atoms with Crippen LogP contribution in [0.1, 0.15) is 18.4 Å². The van der Waals surface area contributed by atoms with E-state index in [4.69, 9.17) is 11.6 Å². The lowest BCUT2D eigenvalue weighted by molar-refractivity contribution is -0.384. The molecule has 0 unspecified atom stereocenters. The Bertz CT molecular complexity index is 543. The van der Waals surface area contributed by atoms with Gasteiger partial charge in [0.15, 0.2) is 0 Å². The Balaban J connectivity index is 1.97. The third-order valence-corrected chi connectivity index (χ3v) is 3.71. The Morgan fingerprint density at radius 3 is 2.95 bits per heavy atom. The van der Waals surface area contributed by atoms with Gasteiger partial charge >= 0.3 is 0 Å². The first-order valence-electron chi connectivity index (χ1n) is 6.65. The lowest BCUT2D eigenvalue weighted by atomic mass is 10.1. The summed E-state index contributed by atoms with van der Waals surface area (Å²) in [6.45, 7) is 4.63. The first-order chi connectivity index (χ1) is 9.58. The zero-order valence-corrected chi connectivity index (χ0v) is 12.2. The van der Waals surface area contributed by atoms with E-state index in [1.54, 1.807) is 6.07 Å². The van der Waals surface area contributed by atoms with Crippen LogP contribution in [0.3, 0.4) is 0 Å². The maximum atomic E-state index is 10.8. The van der Waals surface area contributed by atoms with E-state index in [0.29, 0.717) is 0 Å². The highest BCUT2D eigenvalue weighted by molar-refractivity contribution is 6.33. The molecule has 1 aromatic carbocycles. The molecule has 20 heavy (non-hydrogen) atoms. The lowest BCUT2D eigenvalue weighted by Crippen LogP contribution is -2.21. The molecule has 0 saturated heterocycles. The number of nitro benzene ring substituents is 1. The summed E-state index contributed by atoms with van der Waals surface area (Å²) in [6, 6.07) is 3.14. The van der Waals surface area contributed by atoms with Crippen molar-refractivity contribution in [1.82, 2.24) is 5.32 Å². The molecule has 1 heterocycles. The van der Waals surface area contributed by atoms with Gasteiger partial charge in [-0.05, 0) is 37.9 Å². The molecule has 0 saturated carbocycles. The minimum atomic E-state index is -0.459. The molecule has 2 rings (SSSR count). The Morgan fingerprint density at radius 2 is 2.30 bits per heavy atom. The summed E-state index contributed by atoms with van der Waals surface area (Å²) in [5.41, 5.74) is 3.09. The average molecular weight is 296 g/mol. The molecule has 6 heteroatoms. The Hall–Kier alpha value is -1.59. The summed E-state index contributed by atoms with van der Waals surface area (Å²) >= 11 is 5.92. The topological polar surface area (TPSA) is 67.2 Å². The summed E-state index contributed by atoms with van der Waals surface area (Å²) in [4.78, 5) is 10.3. The second-order valence-electron chi connectivity index (χ2n) is 4.87. The monoisotopic (exact) mass is 295 g/mol. The number of nitro groups is 1. The van der Waals surface area contributed by atoms with Crippen LogP contribution in [0.4, 0.5) is 11.4 Å². The van der Waals surface area contributed by atoms with Gasteiger partial charge in [0, 0.05) is 24.8 Å². The van der Waals surface area contributed by atoms with Gasteiger partial charge in [0.25, 0.3) is 5.69 Å². The molecule has 2 N–H and O–H groups in total. The zero-order valence-electron chi connectivity index (χ0n) is 11.4. The molecule has 1 aliphatic rings. The van der Waals surface area contributed by atoms with E-state index < -0.39 is 4.92 Å². The van der Waals surface area contributed by atoms with Crippen molar-refractivity contribution >= 4 is 23.0 Å². The van der Waals surface area contributed by atoms with Crippen LogP contribution in [0.5, 0.6) is 0 Å².